The standard InChI is InChI=1S/C25H28ClN5O2S2/c1-3-31-22(14-33-20-12-16(2)10-11-19(20)26)29-30-25(31)34-15-23(32)28-24-18(13-27)17-8-6-4-5-7-9-21(17)35-24/h10-12H,3-9,14-15H2,1-2H3,(H,28,32). The van der Waals surface area contributed by atoms with E-state index in [1.165, 1.54) is 29.5 Å². The summed E-state index contributed by atoms with van der Waals surface area (Å²) in [5.41, 5.74) is 2.82. The van der Waals surface area contributed by atoms with E-state index in [0.29, 0.717) is 38.9 Å². The molecule has 0 radical (unpaired) electrons. The molecule has 35 heavy (non-hydrogen) atoms. The highest BCUT2D eigenvalue weighted by Crippen LogP contribution is 2.36. The number of rotatable bonds is 8. The van der Waals surface area contributed by atoms with Crippen LogP contribution in [0.15, 0.2) is 23.4 Å². The van der Waals surface area contributed by atoms with Gasteiger partial charge >= 0.3 is 0 Å². The molecule has 0 fully saturated rings. The third kappa shape index (κ3) is 6.18. The highest BCUT2D eigenvalue weighted by atomic mass is 35.5. The first-order valence-corrected chi connectivity index (χ1v) is 14.0. The molecule has 2 heterocycles. The monoisotopic (exact) mass is 529 g/mol. The number of benzene rings is 1. The molecule has 0 atom stereocenters. The largest absolute Gasteiger partial charge is 0.484 e. The van der Waals surface area contributed by atoms with Crippen LogP contribution in [0.3, 0.4) is 0 Å². The van der Waals surface area contributed by atoms with E-state index in [0.717, 1.165) is 36.8 Å². The van der Waals surface area contributed by atoms with Gasteiger partial charge in [0.2, 0.25) is 5.91 Å². The van der Waals surface area contributed by atoms with Crippen molar-refractivity contribution in [3.63, 3.8) is 0 Å². The normalized spacial score (nSPS) is 13.4. The lowest BCUT2D eigenvalue weighted by atomic mass is 9.97. The van der Waals surface area contributed by atoms with Crippen LogP contribution in [0.1, 0.15) is 60.0 Å². The zero-order chi connectivity index (χ0) is 24.8. The number of nitriles is 1. The Kier molecular flexibility index (Phi) is 8.71. The van der Waals surface area contributed by atoms with Gasteiger partial charge in [-0.3, -0.25) is 4.79 Å². The molecule has 0 spiro atoms. The predicted octanol–water partition coefficient (Wildman–Crippen LogP) is 6.16. The van der Waals surface area contributed by atoms with Crippen LogP contribution >= 0.6 is 34.7 Å². The third-order valence-electron chi connectivity index (χ3n) is 5.92. The Labute approximate surface area is 218 Å². The van der Waals surface area contributed by atoms with Crippen molar-refractivity contribution in [2.75, 3.05) is 11.1 Å². The van der Waals surface area contributed by atoms with Crippen LogP contribution in [0.25, 0.3) is 0 Å². The van der Waals surface area contributed by atoms with Crippen LogP contribution in [0.2, 0.25) is 5.02 Å². The minimum absolute atomic E-state index is 0.157. The number of amides is 1. The lowest BCUT2D eigenvalue weighted by Gasteiger charge is -2.10. The number of ether oxygens (including phenoxy) is 1. The topological polar surface area (TPSA) is 92.8 Å². The number of carbonyl (C=O) groups is 1. The van der Waals surface area contributed by atoms with E-state index >= 15 is 0 Å². The van der Waals surface area contributed by atoms with Crippen molar-refractivity contribution in [3.8, 4) is 11.8 Å². The maximum absolute atomic E-state index is 12.8. The van der Waals surface area contributed by atoms with Crippen molar-refractivity contribution >= 4 is 45.6 Å². The summed E-state index contributed by atoms with van der Waals surface area (Å²) >= 11 is 9.10. The number of nitrogens with one attached hydrogen (secondary N) is 1. The Hall–Kier alpha value is -2.54. The van der Waals surface area contributed by atoms with Crippen molar-refractivity contribution < 1.29 is 9.53 Å². The maximum Gasteiger partial charge on any atom is 0.235 e. The van der Waals surface area contributed by atoms with Crippen molar-refractivity contribution in [1.29, 1.82) is 5.26 Å². The molecule has 0 aliphatic heterocycles. The maximum atomic E-state index is 12.8. The van der Waals surface area contributed by atoms with Crippen LogP contribution < -0.4 is 10.1 Å². The summed E-state index contributed by atoms with van der Waals surface area (Å²) in [5, 5.41) is 23.1. The quantitative estimate of drug-likeness (QED) is 0.351. The van der Waals surface area contributed by atoms with Gasteiger partial charge < -0.3 is 14.6 Å². The van der Waals surface area contributed by atoms with Crippen molar-refractivity contribution in [1.82, 2.24) is 14.8 Å². The molecule has 0 saturated carbocycles. The fourth-order valence-electron chi connectivity index (χ4n) is 4.13. The first-order valence-electron chi connectivity index (χ1n) is 11.8. The Balaban J connectivity index is 1.39. The number of hydrogen-bond donors (Lipinski definition) is 1. The van der Waals surface area contributed by atoms with Crippen molar-refractivity contribution in [2.24, 2.45) is 0 Å². The van der Waals surface area contributed by atoms with Crippen molar-refractivity contribution in [3.05, 3.63) is 50.6 Å². The average Bonchev–Trinajstić information content (AvgIpc) is 3.37. The molecule has 4 rings (SSSR count). The van der Waals surface area contributed by atoms with E-state index in [9.17, 15) is 10.1 Å². The first-order chi connectivity index (χ1) is 17.0. The van der Waals surface area contributed by atoms with Gasteiger partial charge in [0, 0.05) is 11.4 Å². The SMILES string of the molecule is CCn1c(COc2cc(C)ccc2Cl)nnc1SCC(=O)Nc1sc2c(c1C#N)CCCCCC2. The second-order valence-corrected chi connectivity index (χ2v) is 10.9. The lowest BCUT2D eigenvalue weighted by Crippen LogP contribution is -2.15. The minimum atomic E-state index is -0.157. The number of nitrogens with zero attached hydrogens (tertiary/aromatic N) is 4. The van der Waals surface area contributed by atoms with E-state index in [-0.39, 0.29) is 18.3 Å². The van der Waals surface area contributed by atoms with E-state index in [1.807, 2.05) is 36.6 Å². The van der Waals surface area contributed by atoms with E-state index in [1.54, 1.807) is 11.3 Å². The average molecular weight is 530 g/mol. The number of aromatic nitrogens is 3. The summed E-state index contributed by atoms with van der Waals surface area (Å²) in [7, 11) is 0. The molecule has 10 heteroatoms. The summed E-state index contributed by atoms with van der Waals surface area (Å²) in [4.78, 5) is 14.0. The second-order valence-electron chi connectivity index (χ2n) is 8.44. The third-order valence-corrected chi connectivity index (χ3v) is 8.41. The molecule has 1 N–H and O–H groups in total. The molecule has 2 aromatic heterocycles. The zero-order valence-electron chi connectivity index (χ0n) is 19.9. The molecule has 1 aliphatic rings. The Morgan fingerprint density at radius 3 is 2.86 bits per heavy atom. The number of thioether (sulfide) groups is 1. The molecular weight excluding hydrogens is 502 g/mol. The Morgan fingerprint density at radius 1 is 1.29 bits per heavy atom. The van der Waals surface area contributed by atoms with Gasteiger partial charge in [0.15, 0.2) is 11.0 Å². The number of thiophene rings is 1. The highest BCUT2D eigenvalue weighted by molar-refractivity contribution is 7.99. The molecule has 3 aromatic rings. The van der Waals surface area contributed by atoms with Gasteiger partial charge in [0.05, 0.1) is 16.3 Å². The summed E-state index contributed by atoms with van der Waals surface area (Å²) < 4.78 is 7.80. The molecule has 0 unspecified atom stereocenters. The molecule has 1 aromatic carbocycles. The van der Waals surface area contributed by atoms with Crippen LogP contribution in [-0.2, 0) is 30.8 Å². The number of anilines is 1. The molecule has 184 valence electrons. The molecule has 0 saturated heterocycles. The number of aryl methyl sites for hydroxylation is 2. The fraction of sp³-hybridized carbons (Fsp3) is 0.440. The molecule has 1 aliphatic carbocycles. The lowest BCUT2D eigenvalue weighted by molar-refractivity contribution is -0.113. The van der Waals surface area contributed by atoms with Crippen LogP contribution in [0.5, 0.6) is 5.75 Å². The Bertz CT molecular complexity index is 1250. The molecule has 7 nitrogen and oxygen atoms in total. The van der Waals surface area contributed by atoms with Gasteiger partial charge in [-0.15, -0.1) is 21.5 Å². The van der Waals surface area contributed by atoms with E-state index in [4.69, 9.17) is 16.3 Å². The zero-order valence-corrected chi connectivity index (χ0v) is 22.3. The number of fused-ring (bicyclic) bond motifs is 1. The smallest absolute Gasteiger partial charge is 0.235 e. The van der Waals surface area contributed by atoms with E-state index in [2.05, 4.69) is 21.6 Å². The summed E-state index contributed by atoms with van der Waals surface area (Å²) in [6, 6.07) is 7.95. The van der Waals surface area contributed by atoms with Gasteiger partial charge in [-0.25, -0.2) is 0 Å². The van der Waals surface area contributed by atoms with Gasteiger partial charge in [-0.05, 0) is 62.8 Å². The van der Waals surface area contributed by atoms with Crippen LogP contribution in [0, 0.1) is 18.3 Å². The second kappa shape index (κ2) is 11.9. The van der Waals surface area contributed by atoms with E-state index < -0.39 is 0 Å². The van der Waals surface area contributed by atoms with Gasteiger partial charge in [-0.2, -0.15) is 5.26 Å². The summed E-state index contributed by atoms with van der Waals surface area (Å²) in [6.45, 7) is 4.85. The number of halogens is 1. The van der Waals surface area contributed by atoms with Gasteiger partial charge in [0.25, 0.3) is 0 Å². The Morgan fingerprint density at radius 2 is 2.09 bits per heavy atom. The van der Waals surface area contributed by atoms with Gasteiger partial charge in [-0.1, -0.05) is 42.3 Å². The minimum Gasteiger partial charge on any atom is -0.484 e. The van der Waals surface area contributed by atoms with Crippen LogP contribution in [-0.4, -0.2) is 26.4 Å². The first kappa shape index (κ1) is 25.5. The molecule has 1 amide bonds. The summed E-state index contributed by atoms with van der Waals surface area (Å²) in [5.74, 6) is 1.29. The molecular formula is C25H28ClN5O2S2. The fourth-order valence-corrected chi connectivity index (χ4v) is 6.38. The van der Waals surface area contributed by atoms with Crippen LogP contribution in [0.4, 0.5) is 5.00 Å². The predicted molar refractivity (Wildman–Crippen MR) is 140 cm³/mol. The molecule has 0 bridgehead atoms. The van der Waals surface area contributed by atoms with Gasteiger partial charge in [0.1, 0.15) is 23.4 Å². The number of hydrogen-bond acceptors (Lipinski definition) is 7. The number of carbonyl (C=O) groups excluding carboxylic acids is 1. The van der Waals surface area contributed by atoms with Crippen molar-refractivity contribution in [2.45, 2.75) is 70.7 Å². The highest BCUT2D eigenvalue weighted by Gasteiger charge is 2.21. The summed E-state index contributed by atoms with van der Waals surface area (Å²) in [6.07, 6.45) is 6.55.